The maximum atomic E-state index is 12.4. The summed E-state index contributed by atoms with van der Waals surface area (Å²) in [4.78, 5) is 0.236. The van der Waals surface area contributed by atoms with Gasteiger partial charge in [0.25, 0.3) is 10.0 Å². The Kier molecular flexibility index (Phi) is 4.71. The summed E-state index contributed by atoms with van der Waals surface area (Å²) in [6.07, 6.45) is 1.61. The molecule has 2 rings (SSSR count). The zero-order valence-electron chi connectivity index (χ0n) is 11.0. The number of rotatable bonds is 5. The molecule has 1 heterocycles. The van der Waals surface area contributed by atoms with Gasteiger partial charge >= 0.3 is 0 Å². The molecule has 0 unspecified atom stereocenters. The lowest BCUT2D eigenvalue weighted by Crippen LogP contribution is -2.13. The molecule has 0 bridgehead atoms. The highest BCUT2D eigenvalue weighted by Crippen LogP contribution is 2.22. The molecule has 0 aliphatic carbocycles. The highest BCUT2D eigenvalue weighted by molar-refractivity contribution is 14.1. The van der Waals surface area contributed by atoms with Gasteiger partial charge in [0, 0.05) is 28.6 Å². The predicted molar refractivity (Wildman–Crippen MR) is 88.0 cm³/mol. The van der Waals surface area contributed by atoms with Gasteiger partial charge in [0.2, 0.25) is 0 Å². The van der Waals surface area contributed by atoms with Crippen LogP contribution in [0.3, 0.4) is 0 Å². The molecular formula is C13H16IN3O2S. The Morgan fingerprint density at radius 3 is 2.60 bits per heavy atom. The fourth-order valence-electron chi connectivity index (χ4n) is 1.89. The summed E-state index contributed by atoms with van der Waals surface area (Å²) in [6.45, 7) is 2.94. The van der Waals surface area contributed by atoms with Crippen molar-refractivity contribution in [1.29, 1.82) is 0 Å². The predicted octanol–water partition coefficient (Wildman–Crippen LogP) is 2.37. The summed E-state index contributed by atoms with van der Waals surface area (Å²) in [5.41, 5.74) is 7.00. The summed E-state index contributed by atoms with van der Waals surface area (Å²) in [5, 5.41) is 0. The minimum atomic E-state index is -3.59. The van der Waals surface area contributed by atoms with E-state index in [-0.39, 0.29) is 4.90 Å². The Balaban J connectivity index is 2.36. The molecule has 0 amide bonds. The fraction of sp³-hybridized carbons (Fsp3) is 0.231. The van der Waals surface area contributed by atoms with Gasteiger partial charge in [-0.2, -0.15) is 0 Å². The van der Waals surface area contributed by atoms with Crippen LogP contribution in [0.1, 0.15) is 12.6 Å². The summed E-state index contributed by atoms with van der Waals surface area (Å²) in [6, 6.07) is 8.85. The van der Waals surface area contributed by atoms with Crippen LogP contribution in [0.15, 0.2) is 41.4 Å². The number of nitrogens with zero attached hydrogens (tertiary/aromatic N) is 1. The molecular weight excluding hydrogens is 389 g/mol. The summed E-state index contributed by atoms with van der Waals surface area (Å²) in [5.74, 6) is 0. The van der Waals surface area contributed by atoms with E-state index in [4.69, 9.17) is 5.73 Å². The molecule has 0 fully saturated rings. The van der Waals surface area contributed by atoms with Crippen LogP contribution in [0.25, 0.3) is 0 Å². The molecule has 3 N–H and O–H groups in total. The standard InChI is InChI=1S/C13H16IN3O2S/c1-2-17-9-11(7-10(17)8-15)20(18,19)16-13-6-4-3-5-12(13)14/h3-7,9,16H,2,8,15H2,1H3. The first-order valence-corrected chi connectivity index (χ1v) is 8.70. The molecule has 20 heavy (non-hydrogen) atoms. The first-order valence-electron chi connectivity index (χ1n) is 6.14. The molecule has 0 aliphatic rings. The van der Waals surface area contributed by atoms with Crippen LogP contribution in [-0.2, 0) is 23.1 Å². The lowest BCUT2D eigenvalue weighted by Gasteiger charge is -2.08. The van der Waals surface area contributed by atoms with Crippen LogP contribution >= 0.6 is 22.6 Å². The van der Waals surface area contributed by atoms with Crippen molar-refractivity contribution in [2.24, 2.45) is 5.73 Å². The summed E-state index contributed by atoms with van der Waals surface area (Å²) >= 11 is 2.09. The highest BCUT2D eigenvalue weighted by atomic mass is 127. The number of aromatic nitrogens is 1. The van der Waals surface area contributed by atoms with Gasteiger partial charge in [0.15, 0.2) is 0 Å². The highest BCUT2D eigenvalue weighted by Gasteiger charge is 2.18. The Morgan fingerprint density at radius 1 is 1.35 bits per heavy atom. The van der Waals surface area contributed by atoms with E-state index >= 15 is 0 Å². The lowest BCUT2D eigenvalue weighted by molar-refractivity contribution is 0.600. The van der Waals surface area contributed by atoms with Crippen molar-refractivity contribution in [3.8, 4) is 0 Å². The van der Waals surface area contributed by atoms with E-state index in [1.807, 2.05) is 23.6 Å². The molecule has 0 saturated carbocycles. The third-order valence-electron chi connectivity index (χ3n) is 2.94. The molecule has 108 valence electrons. The lowest BCUT2D eigenvalue weighted by atomic mass is 10.3. The van der Waals surface area contributed by atoms with Crippen molar-refractivity contribution in [3.63, 3.8) is 0 Å². The van der Waals surface area contributed by atoms with Crippen LogP contribution in [0.5, 0.6) is 0 Å². The Morgan fingerprint density at radius 2 is 2.05 bits per heavy atom. The fourth-order valence-corrected chi connectivity index (χ4v) is 3.73. The Bertz CT molecular complexity index is 689. The summed E-state index contributed by atoms with van der Waals surface area (Å²) in [7, 11) is -3.59. The second-order valence-electron chi connectivity index (χ2n) is 4.24. The average molecular weight is 405 g/mol. The van der Waals surface area contributed by atoms with Crippen molar-refractivity contribution < 1.29 is 8.42 Å². The zero-order chi connectivity index (χ0) is 14.8. The number of aryl methyl sites for hydroxylation is 1. The Labute approximate surface area is 132 Å². The van der Waals surface area contributed by atoms with Gasteiger partial charge in [0.1, 0.15) is 4.90 Å². The van der Waals surface area contributed by atoms with E-state index in [1.165, 1.54) is 0 Å². The summed E-state index contributed by atoms with van der Waals surface area (Å²) < 4.78 is 30.1. The van der Waals surface area contributed by atoms with Crippen LogP contribution in [0.4, 0.5) is 5.69 Å². The van der Waals surface area contributed by atoms with Crippen LogP contribution in [0, 0.1) is 3.57 Å². The van der Waals surface area contributed by atoms with Crippen LogP contribution in [-0.4, -0.2) is 13.0 Å². The maximum absolute atomic E-state index is 12.4. The zero-order valence-corrected chi connectivity index (χ0v) is 14.0. The SMILES string of the molecule is CCn1cc(S(=O)(=O)Nc2ccccc2I)cc1CN. The number of anilines is 1. The second-order valence-corrected chi connectivity index (χ2v) is 7.09. The third-order valence-corrected chi connectivity index (χ3v) is 5.21. The third kappa shape index (κ3) is 3.15. The van der Waals surface area contributed by atoms with Crippen LogP contribution < -0.4 is 10.5 Å². The van der Waals surface area contributed by atoms with Crippen LogP contribution in [0.2, 0.25) is 0 Å². The largest absolute Gasteiger partial charge is 0.349 e. The van der Waals surface area contributed by atoms with E-state index in [9.17, 15) is 8.42 Å². The minimum Gasteiger partial charge on any atom is -0.349 e. The normalized spacial score (nSPS) is 11.6. The quantitative estimate of drug-likeness (QED) is 0.750. The van der Waals surface area contributed by atoms with E-state index in [0.717, 1.165) is 9.26 Å². The molecule has 0 radical (unpaired) electrons. The van der Waals surface area contributed by atoms with Gasteiger partial charge in [-0.25, -0.2) is 8.42 Å². The van der Waals surface area contributed by atoms with E-state index in [1.54, 1.807) is 24.4 Å². The maximum Gasteiger partial charge on any atom is 0.263 e. The van der Waals surface area contributed by atoms with Gasteiger partial charge in [0.05, 0.1) is 5.69 Å². The topological polar surface area (TPSA) is 77.1 Å². The first-order chi connectivity index (χ1) is 9.47. The number of sulfonamides is 1. The molecule has 1 aromatic carbocycles. The molecule has 0 atom stereocenters. The number of hydrogen-bond acceptors (Lipinski definition) is 3. The molecule has 7 heteroatoms. The monoisotopic (exact) mass is 405 g/mol. The van der Waals surface area contributed by atoms with Crippen molar-refractivity contribution in [2.75, 3.05) is 4.72 Å². The van der Waals surface area contributed by atoms with Gasteiger partial charge < -0.3 is 10.3 Å². The molecule has 5 nitrogen and oxygen atoms in total. The number of nitrogens with two attached hydrogens (primary N) is 1. The van der Waals surface area contributed by atoms with E-state index in [0.29, 0.717) is 18.8 Å². The van der Waals surface area contributed by atoms with E-state index in [2.05, 4.69) is 27.3 Å². The smallest absolute Gasteiger partial charge is 0.263 e. The van der Waals surface area contributed by atoms with Crippen molar-refractivity contribution in [2.45, 2.75) is 24.9 Å². The number of halogens is 1. The number of hydrogen-bond donors (Lipinski definition) is 2. The van der Waals surface area contributed by atoms with Crippen molar-refractivity contribution >= 4 is 38.3 Å². The number of para-hydroxylation sites is 1. The van der Waals surface area contributed by atoms with Crippen molar-refractivity contribution in [3.05, 3.63) is 45.8 Å². The Hall–Kier alpha value is -1.06. The number of nitrogens with one attached hydrogen (secondary N) is 1. The minimum absolute atomic E-state index is 0.236. The average Bonchev–Trinajstić information content (AvgIpc) is 2.85. The number of benzene rings is 1. The molecule has 0 spiro atoms. The second kappa shape index (κ2) is 6.15. The van der Waals surface area contributed by atoms with Gasteiger partial charge in [-0.3, -0.25) is 4.72 Å². The first kappa shape index (κ1) is 15.3. The molecule has 1 aromatic heterocycles. The molecule has 2 aromatic rings. The molecule has 0 aliphatic heterocycles. The van der Waals surface area contributed by atoms with Gasteiger partial charge in [-0.1, -0.05) is 12.1 Å². The van der Waals surface area contributed by atoms with Crippen molar-refractivity contribution in [1.82, 2.24) is 4.57 Å². The van der Waals surface area contributed by atoms with Gasteiger partial charge in [-0.05, 0) is 47.7 Å². The molecule has 0 saturated heterocycles. The van der Waals surface area contributed by atoms with E-state index < -0.39 is 10.0 Å². The van der Waals surface area contributed by atoms with Gasteiger partial charge in [-0.15, -0.1) is 0 Å².